The average molecular weight is 394 g/mol. The van der Waals surface area contributed by atoms with Gasteiger partial charge in [-0.05, 0) is 32.8 Å². The zero-order chi connectivity index (χ0) is 20.1. The lowest BCUT2D eigenvalue weighted by Crippen LogP contribution is -2.39. The first kappa shape index (κ1) is 18.5. The fraction of sp³-hybridized carbons (Fsp3) is 0.444. The van der Waals surface area contributed by atoms with Gasteiger partial charge in [0.25, 0.3) is 11.6 Å². The summed E-state index contributed by atoms with van der Waals surface area (Å²) in [6.45, 7) is 3.88. The van der Waals surface area contributed by atoms with Crippen LogP contribution in [0, 0.1) is 13.8 Å². The van der Waals surface area contributed by atoms with Crippen LogP contribution >= 0.6 is 0 Å². The molecule has 1 unspecified atom stereocenters. The van der Waals surface area contributed by atoms with Crippen LogP contribution in [0.15, 0.2) is 21.2 Å². The number of amides is 1. The Morgan fingerprint density at radius 3 is 2.68 bits per heavy atom. The molecule has 1 amide bonds. The van der Waals surface area contributed by atoms with Crippen molar-refractivity contribution >= 4 is 17.0 Å². The summed E-state index contributed by atoms with van der Waals surface area (Å²) >= 11 is 0. The average Bonchev–Trinajstić information content (AvgIpc) is 3.26. The van der Waals surface area contributed by atoms with Gasteiger partial charge in [0.2, 0.25) is 5.76 Å². The quantitative estimate of drug-likeness (QED) is 0.656. The Kier molecular flexibility index (Phi) is 4.35. The molecule has 1 atom stereocenters. The van der Waals surface area contributed by atoms with Crippen molar-refractivity contribution in [2.75, 3.05) is 13.1 Å². The minimum Gasteiger partial charge on any atom is -0.351 e. The van der Waals surface area contributed by atoms with E-state index >= 15 is 0 Å². The lowest BCUT2D eigenvalue weighted by Gasteiger charge is -2.32. The maximum Gasteiger partial charge on any atom is 0.417 e. The number of carbonyl (C=O) groups is 1. The largest absolute Gasteiger partial charge is 0.417 e. The monoisotopic (exact) mass is 394 g/mol. The first-order valence-electron chi connectivity index (χ1n) is 8.80. The van der Waals surface area contributed by atoms with Gasteiger partial charge in [-0.2, -0.15) is 13.2 Å². The Labute approximate surface area is 157 Å². The Morgan fingerprint density at radius 1 is 1.21 bits per heavy atom. The molecule has 0 saturated carbocycles. The number of halogens is 3. The second-order valence-electron chi connectivity index (χ2n) is 6.96. The number of piperidine rings is 1. The third kappa shape index (κ3) is 3.23. The second kappa shape index (κ2) is 6.61. The summed E-state index contributed by atoms with van der Waals surface area (Å²) in [6.07, 6.45) is -3.31. The summed E-state index contributed by atoms with van der Waals surface area (Å²) < 4.78 is 50.7. The van der Waals surface area contributed by atoms with Crippen molar-refractivity contribution in [3.05, 3.63) is 40.5 Å². The highest BCUT2D eigenvalue weighted by Gasteiger charge is 2.37. The molecule has 1 aliphatic rings. The number of fused-ring (bicyclic) bond motifs is 1. The molecule has 3 aromatic rings. The van der Waals surface area contributed by atoms with Crippen molar-refractivity contribution in [3.63, 3.8) is 0 Å². The fourth-order valence-electron chi connectivity index (χ4n) is 3.57. The summed E-state index contributed by atoms with van der Waals surface area (Å²) in [4.78, 5) is 18.4. The predicted octanol–water partition coefficient (Wildman–Crippen LogP) is 3.87. The molecule has 1 aliphatic heterocycles. The molecule has 4 heterocycles. The minimum absolute atomic E-state index is 0.114. The maximum absolute atomic E-state index is 13.6. The van der Waals surface area contributed by atoms with E-state index in [1.807, 2.05) is 0 Å². The molecule has 4 rings (SSSR count). The molecule has 10 heteroatoms. The third-order valence-electron chi connectivity index (χ3n) is 4.91. The molecule has 0 radical (unpaired) electrons. The normalized spacial score (nSPS) is 18.0. The molecule has 1 saturated heterocycles. The number of nitrogens with zero attached hydrogens (tertiary/aromatic N) is 4. The number of hydrogen-bond acceptors (Lipinski definition) is 6. The third-order valence-corrected chi connectivity index (χ3v) is 4.91. The molecule has 28 heavy (non-hydrogen) atoms. The van der Waals surface area contributed by atoms with E-state index in [4.69, 9.17) is 9.05 Å². The molecule has 0 N–H and O–H groups in total. The summed E-state index contributed by atoms with van der Waals surface area (Å²) in [5, 5.41) is 7.20. The van der Waals surface area contributed by atoms with E-state index in [2.05, 4.69) is 15.3 Å². The molecule has 0 aromatic carbocycles. The minimum atomic E-state index is -4.56. The van der Waals surface area contributed by atoms with E-state index in [0.29, 0.717) is 25.1 Å². The number of hydrogen-bond donors (Lipinski definition) is 0. The molecule has 7 nitrogen and oxygen atoms in total. The second-order valence-corrected chi connectivity index (χ2v) is 6.96. The van der Waals surface area contributed by atoms with Crippen LogP contribution < -0.4 is 0 Å². The van der Waals surface area contributed by atoms with Crippen LogP contribution in [0.4, 0.5) is 13.2 Å². The Hall–Kier alpha value is -2.91. The molecule has 0 bridgehead atoms. The highest BCUT2D eigenvalue weighted by Crippen LogP contribution is 2.38. The Morgan fingerprint density at radius 2 is 2.00 bits per heavy atom. The lowest BCUT2D eigenvalue weighted by molar-refractivity contribution is -0.136. The van der Waals surface area contributed by atoms with Gasteiger partial charge in [0, 0.05) is 25.1 Å². The highest BCUT2D eigenvalue weighted by atomic mass is 19.4. The smallest absolute Gasteiger partial charge is 0.351 e. The van der Waals surface area contributed by atoms with Crippen molar-refractivity contribution in [1.29, 1.82) is 0 Å². The van der Waals surface area contributed by atoms with E-state index in [1.54, 1.807) is 11.8 Å². The van der Waals surface area contributed by atoms with Gasteiger partial charge < -0.3 is 13.9 Å². The summed E-state index contributed by atoms with van der Waals surface area (Å²) in [5.74, 6) is -0.570. The van der Waals surface area contributed by atoms with Crippen LogP contribution in [0.1, 0.15) is 52.0 Å². The number of carbonyl (C=O) groups excluding carboxylic acids is 1. The predicted molar refractivity (Wildman–Crippen MR) is 90.7 cm³/mol. The first-order valence-corrected chi connectivity index (χ1v) is 8.80. The van der Waals surface area contributed by atoms with Gasteiger partial charge in [0.15, 0.2) is 0 Å². The number of aromatic nitrogens is 3. The van der Waals surface area contributed by atoms with Crippen LogP contribution in [0.25, 0.3) is 11.1 Å². The molecule has 148 valence electrons. The van der Waals surface area contributed by atoms with Crippen LogP contribution in [-0.4, -0.2) is 39.2 Å². The van der Waals surface area contributed by atoms with E-state index in [0.717, 1.165) is 6.07 Å². The Bertz CT molecular complexity index is 1040. The maximum atomic E-state index is 13.6. The number of rotatable bonds is 2. The highest BCUT2D eigenvalue weighted by molar-refractivity contribution is 5.91. The summed E-state index contributed by atoms with van der Waals surface area (Å²) in [6, 6.07) is 2.58. The fourth-order valence-corrected chi connectivity index (χ4v) is 3.57. The van der Waals surface area contributed by atoms with Crippen molar-refractivity contribution in [2.45, 2.75) is 38.8 Å². The van der Waals surface area contributed by atoms with Crippen molar-refractivity contribution in [1.82, 2.24) is 20.2 Å². The van der Waals surface area contributed by atoms with Crippen LogP contribution in [0.3, 0.4) is 0 Å². The first-order chi connectivity index (χ1) is 13.2. The van der Waals surface area contributed by atoms with E-state index < -0.39 is 11.7 Å². The van der Waals surface area contributed by atoms with E-state index in [9.17, 15) is 18.0 Å². The zero-order valence-electron chi connectivity index (χ0n) is 15.2. The van der Waals surface area contributed by atoms with Gasteiger partial charge in [0.05, 0.1) is 28.0 Å². The molecule has 1 fully saturated rings. The lowest BCUT2D eigenvalue weighted by atomic mass is 9.92. The van der Waals surface area contributed by atoms with Gasteiger partial charge in [-0.15, -0.1) is 0 Å². The van der Waals surface area contributed by atoms with Crippen molar-refractivity contribution < 1.29 is 27.0 Å². The molecule has 0 spiro atoms. The van der Waals surface area contributed by atoms with Crippen LogP contribution in [0.5, 0.6) is 0 Å². The van der Waals surface area contributed by atoms with E-state index in [-0.39, 0.29) is 46.6 Å². The topological polar surface area (TPSA) is 85.3 Å². The molecular weight excluding hydrogens is 377 g/mol. The number of alkyl halides is 3. The molecule has 3 aromatic heterocycles. The van der Waals surface area contributed by atoms with Gasteiger partial charge in [-0.1, -0.05) is 10.3 Å². The molecule has 0 aliphatic carbocycles. The van der Waals surface area contributed by atoms with Gasteiger partial charge in [-0.3, -0.25) is 4.79 Å². The SMILES string of the molecule is Cc1cc(C(=O)N2CCCC(c3cc(C(F)(F)F)c4c(C)noc4n3)C2)on1. The standard InChI is InChI=1S/C18H17F3N4O3/c1-9-6-14(27-23-9)17(26)25-5-3-4-11(8-25)13-7-12(18(19,20)21)15-10(2)24-28-16(15)22-13/h6-7,11H,3-5,8H2,1-2H3. The van der Waals surface area contributed by atoms with Crippen molar-refractivity contribution in [2.24, 2.45) is 0 Å². The Balaban J connectivity index is 1.67. The molecular formula is C18H17F3N4O3. The van der Waals surface area contributed by atoms with Crippen molar-refractivity contribution in [3.8, 4) is 0 Å². The summed E-state index contributed by atoms with van der Waals surface area (Å²) in [7, 11) is 0. The van der Waals surface area contributed by atoms with Gasteiger partial charge in [0.1, 0.15) is 0 Å². The van der Waals surface area contributed by atoms with Gasteiger partial charge >= 0.3 is 6.18 Å². The zero-order valence-corrected chi connectivity index (χ0v) is 15.2. The van der Waals surface area contributed by atoms with E-state index in [1.165, 1.54) is 13.0 Å². The van der Waals surface area contributed by atoms with Crippen LogP contribution in [-0.2, 0) is 6.18 Å². The number of pyridine rings is 1. The van der Waals surface area contributed by atoms with Crippen LogP contribution in [0.2, 0.25) is 0 Å². The number of likely N-dealkylation sites (tertiary alicyclic amines) is 1. The number of aryl methyl sites for hydroxylation is 2. The summed E-state index contributed by atoms with van der Waals surface area (Å²) in [5.41, 5.74) is 0.00136. The van der Waals surface area contributed by atoms with Gasteiger partial charge in [-0.25, -0.2) is 4.98 Å².